The first-order chi connectivity index (χ1) is 34.0. The molecule has 69 heavy (non-hydrogen) atoms. The fraction of sp³-hybridized carbons (Fsp3) is 0.147. The first-order valence-electron chi connectivity index (χ1n) is 25.2. The lowest BCUT2D eigenvalue weighted by molar-refractivity contribution is 0.443. The molecule has 0 radical (unpaired) electrons. The fourth-order valence-electron chi connectivity index (χ4n) is 13.5. The van der Waals surface area contributed by atoms with Crippen LogP contribution in [0.2, 0.25) is 0 Å². The number of nitrogens with zero attached hydrogens (tertiary/aromatic N) is 1. The highest BCUT2D eigenvalue weighted by molar-refractivity contribution is 6.06. The van der Waals surface area contributed by atoms with Gasteiger partial charge in [-0.15, -0.1) is 0 Å². The molecule has 1 heteroatoms. The van der Waals surface area contributed by atoms with Gasteiger partial charge in [-0.05, 0) is 161 Å². The molecular weight excluding hydrogens is 831 g/mol. The molecule has 1 nitrogen and oxygen atoms in total. The molecule has 0 N–H and O–H groups in total. The smallest absolute Gasteiger partial charge is 0.0726 e. The average Bonchev–Trinajstić information content (AvgIpc) is 3.96. The van der Waals surface area contributed by atoms with E-state index in [1.807, 2.05) is 0 Å². The van der Waals surface area contributed by atoms with Gasteiger partial charge in [0.05, 0.1) is 5.41 Å². The monoisotopic (exact) mass is 883 g/mol. The third kappa shape index (κ3) is 5.90. The molecule has 14 rings (SSSR count). The number of anilines is 3. The summed E-state index contributed by atoms with van der Waals surface area (Å²) in [6.07, 6.45) is 6.55. The average molecular weight is 884 g/mol. The van der Waals surface area contributed by atoms with Gasteiger partial charge in [-0.2, -0.15) is 0 Å². The summed E-state index contributed by atoms with van der Waals surface area (Å²) in [7, 11) is 0. The lowest BCUT2D eigenvalue weighted by Gasteiger charge is -2.33. The molecule has 1 spiro atoms. The lowest BCUT2D eigenvalue weighted by Crippen LogP contribution is -2.26. The van der Waals surface area contributed by atoms with Gasteiger partial charge in [-0.1, -0.05) is 215 Å². The van der Waals surface area contributed by atoms with Gasteiger partial charge < -0.3 is 4.90 Å². The van der Waals surface area contributed by atoms with Crippen LogP contribution in [0, 0.1) is 0 Å². The highest BCUT2D eigenvalue weighted by Crippen LogP contribution is 2.64. The predicted molar refractivity (Wildman–Crippen MR) is 289 cm³/mol. The van der Waals surface area contributed by atoms with Crippen LogP contribution in [-0.4, -0.2) is 0 Å². The maximum Gasteiger partial charge on any atom is 0.0726 e. The van der Waals surface area contributed by atoms with Crippen molar-refractivity contribution in [3.05, 3.63) is 257 Å². The van der Waals surface area contributed by atoms with Crippen LogP contribution in [0.25, 0.3) is 66.4 Å². The van der Waals surface area contributed by atoms with Gasteiger partial charge in [0.2, 0.25) is 0 Å². The van der Waals surface area contributed by atoms with Crippen molar-refractivity contribution in [3.63, 3.8) is 0 Å². The number of benzene rings is 10. The minimum Gasteiger partial charge on any atom is -0.310 e. The zero-order valence-corrected chi connectivity index (χ0v) is 39.3. The standard InChI is InChI=1S/C68H53N/c1-67(2)60-28-12-9-25-56(60)59-42-50(37-40-61(59)67)69(49-34-31-46(32-35-49)53-27-16-22-47-21-15-26-52(66(47)53)45-19-7-4-8-20-45)51-36-39-58-57-38-33-48(44-17-5-3-6-18-44)41-64(57)68(65(58)43-51)62-29-13-10-23-54(62)55-24-11-14-30-63(55)68/h4,7-16,19-44H,3,5-6,17-18H2,1-2H3. The Morgan fingerprint density at radius 1 is 0.348 bits per heavy atom. The summed E-state index contributed by atoms with van der Waals surface area (Å²) < 4.78 is 0. The summed E-state index contributed by atoms with van der Waals surface area (Å²) in [5.41, 5.74) is 25.7. The molecule has 0 unspecified atom stereocenters. The molecule has 10 aromatic carbocycles. The second-order valence-electron chi connectivity index (χ2n) is 20.6. The molecule has 1 fully saturated rings. The SMILES string of the molecule is CC1(C)c2ccccc2-c2cc(N(c3ccc(-c4cccc5cccc(-c6ccccc6)c45)cc3)c3ccc4c(c3)C3(c5ccccc5-c5ccccc53)c3cc(C5CCCCC5)ccc3-4)ccc21. The summed E-state index contributed by atoms with van der Waals surface area (Å²) in [4.78, 5) is 2.52. The topological polar surface area (TPSA) is 3.24 Å². The van der Waals surface area contributed by atoms with Crippen molar-refractivity contribution in [1.29, 1.82) is 0 Å². The van der Waals surface area contributed by atoms with Gasteiger partial charge in [0.15, 0.2) is 0 Å². The Kier molecular flexibility index (Phi) is 9.00. The predicted octanol–water partition coefficient (Wildman–Crippen LogP) is 18.3. The number of hydrogen-bond donors (Lipinski definition) is 0. The van der Waals surface area contributed by atoms with Crippen LogP contribution >= 0.6 is 0 Å². The molecule has 0 saturated heterocycles. The van der Waals surface area contributed by atoms with Crippen molar-refractivity contribution >= 4 is 27.8 Å². The summed E-state index contributed by atoms with van der Waals surface area (Å²) in [6.45, 7) is 4.75. The van der Waals surface area contributed by atoms with E-state index in [0.717, 1.165) is 17.1 Å². The molecule has 4 aliphatic rings. The third-order valence-electron chi connectivity index (χ3n) is 16.7. The van der Waals surface area contributed by atoms with Crippen molar-refractivity contribution in [3.8, 4) is 55.6 Å². The van der Waals surface area contributed by atoms with E-state index in [2.05, 4.69) is 237 Å². The van der Waals surface area contributed by atoms with E-state index in [1.165, 1.54) is 137 Å². The van der Waals surface area contributed by atoms with E-state index >= 15 is 0 Å². The lowest BCUT2D eigenvalue weighted by atomic mass is 9.69. The zero-order valence-electron chi connectivity index (χ0n) is 39.3. The molecule has 1 saturated carbocycles. The van der Waals surface area contributed by atoms with E-state index in [9.17, 15) is 0 Å². The van der Waals surface area contributed by atoms with E-state index in [4.69, 9.17) is 0 Å². The number of hydrogen-bond acceptors (Lipinski definition) is 1. The highest BCUT2D eigenvalue weighted by Gasteiger charge is 2.52. The largest absolute Gasteiger partial charge is 0.310 e. The van der Waals surface area contributed by atoms with Crippen LogP contribution in [-0.2, 0) is 10.8 Å². The summed E-state index contributed by atoms with van der Waals surface area (Å²) in [6, 6.07) is 83.3. The molecule has 0 aliphatic heterocycles. The third-order valence-corrected chi connectivity index (χ3v) is 16.7. The Morgan fingerprint density at radius 3 is 1.52 bits per heavy atom. The van der Waals surface area contributed by atoms with Crippen LogP contribution in [0.5, 0.6) is 0 Å². The van der Waals surface area contributed by atoms with Crippen LogP contribution in [0.1, 0.15) is 90.8 Å². The first kappa shape index (κ1) is 40.3. The van der Waals surface area contributed by atoms with Crippen LogP contribution in [0.4, 0.5) is 17.1 Å². The van der Waals surface area contributed by atoms with Crippen LogP contribution < -0.4 is 4.90 Å². The second kappa shape index (κ2) is 15.4. The maximum absolute atomic E-state index is 2.64. The molecule has 10 aromatic rings. The van der Waals surface area contributed by atoms with Crippen molar-refractivity contribution in [2.45, 2.75) is 62.7 Å². The van der Waals surface area contributed by atoms with Crippen molar-refractivity contribution in [2.75, 3.05) is 4.90 Å². The highest BCUT2D eigenvalue weighted by atomic mass is 15.1. The van der Waals surface area contributed by atoms with Crippen molar-refractivity contribution in [2.24, 2.45) is 0 Å². The molecule has 0 amide bonds. The van der Waals surface area contributed by atoms with E-state index in [1.54, 1.807) is 0 Å². The Labute approximate surface area is 406 Å². The minimum atomic E-state index is -0.445. The molecule has 4 aliphatic carbocycles. The number of rotatable bonds is 6. The minimum absolute atomic E-state index is 0.0839. The van der Waals surface area contributed by atoms with Gasteiger partial charge >= 0.3 is 0 Å². The van der Waals surface area contributed by atoms with Crippen molar-refractivity contribution in [1.82, 2.24) is 0 Å². The molecular formula is C68H53N. The Morgan fingerprint density at radius 2 is 0.841 bits per heavy atom. The second-order valence-corrected chi connectivity index (χ2v) is 20.6. The molecule has 0 aromatic heterocycles. The van der Waals surface area contributed by atoms with E-state index in [-0.39, 0.29) is 5.41 Å². The summed E-state index contributed by atoms with van der Waals surface area (Å²) >= 11 is 0. The van der Waals surface area contributed by atoms with E-state index < -0.39 is 5.41 Å². The molecule has 0 atom stereocenters. The summed E-state index contributed by atoms with van der Waals surface area (Å²) in [5.74, 6) is 0.611. The number of fused-ring (bicyclic) bond motifs is 14. The Hall–Kier alpha value is -7.74. The quantitative estimate of drug-likeness (QED) is 0.161. The summed E-state index contributed by atoms with van der Waals surface area (Å²) in [5, 5.41) is 2.53. The maximum atomic E-state index is 2.64. The fourth-order valence-corrected chi connectivity index (χ4v) is 13.5. The van der Waals surface area contributed by atoms with E-state index in [0.29, 0.717) is 5.92 Å². The van der Waals surface area contributed by atoms with Gasteiger partial charge in [-0.25, -0.2) is 0 Å². The van der Waals surface area contributed by atoms with Gasteiger partial charge in [0, 0.05) is 22.5 Å². The van der Waals surface area contributed by atoms with Gasteiger partial charge in [0.1, 0.15) is 0 Å². The Balaban J connectivity index is 0.981. The molecule has 0 heterocycles. The van der Waals surface area contributed by atoms with Gasteiger partial charge in [0.25, 0.3) is 0 Å². The van der Waals surface area contributed by atoms with Gasteiger partial charge in [-0.3, -0.25) is 0 Å². The zero-order chi connectivity index (χ0) is 45.8. The van der Waals surface area contributed by atoms with Crippen LogP contribution in [0.3, 0.4) is 0 Å². The normalized spacial score (nSPS) is 15.6. The van der Waals surface area contributed by atoms with Crippen molar-refractivity contribution < 1.29 is 0 Å². The first-order valence-corrected chi connectivity index (χ1v) is 25.2. The molecule has 330 valence electrons. The van der Waals surface area contributed by atoms with Crippen LogP contribution in [0.15, 0.2) is 218 Å². The Bertz CT molecular complexity index is 3630. The molecule has 0 bridgehead atoms.